The van der Waals surface area contributed by atoms with Crippen molar-refractivity contribution >= 4 is 29.2 Å². The van der Waals surface area contributed by atoms with Crippen LogP contribution in [-0.2, 0) is 4.79 Å². The van der Waals surface area contributed by atoms with Crippen molar-refractivity contribution in [3.05, 3.63) is 34.4 Å². The van der Waals surface area contributed by atoms with E-state index in [0.29, 0.717) is 10.6 Å². The van der Waals surface area contributed by atoms with Crippen LogP contribution in [0.2, 0.25) is 0 Å². The molecule has 2 aliphatic rings. The number of fused-ring (bicyclic) bond motifs is 2. The van der Waals surface area contributed by atoms with Gasteiger partial charge in [-0.1, -0.05) is 17.7 Å². The second-order valence-corrected chi connectivity index (χ2v) is 2.76. The van der Waals surface area contributed by atoms with Crippen LogP contribution in [-0.4, -0.2) is 5.78 Å². The molecule has 0 fully saturated rings. The number of nitrogens with two attached hydrogens (primary N) is 1. The number of Topliss-reactive ketones (excluding diaryl/α,β-unsaturated/α-hetero) is 1. The third-order valence-corrected chi connectivity index (χ3v) is 1.79. The molecule has 2 rings (SSSR count). The summed E-state index contributed by atoms with van der Waals surface area (Å²) < 4.78 is 0. The Morgan fingerprint density at radius 2 is 2.00 bits per heavy atom. The van der Waals surface area contributed by atoms with Gasteiger partial charge in [-0.3, -0.25) is 10.6 Å². The van der Waals surface area contributed by atoms with Gasteiger partial charge in [-0.05, 0) is 23.9 Å². The Morgan fingerprint density at radius 1 is 1.42 bits per heavy atom. The van der Waals surface area contributed by atoms with E-state index in [0.717, 1.165) is 5.57 Å². The minimum absolute atomic E-state index is 0.0694. The van der Waals surface area contributed by atoms with E-state index in [1.807, 2.05) is 0 Å². The summed E-state index contributed by atoms with van der Waals surface area (Å²) in [5.41, 5.74) is 1.36. The van der Waals surface area contributed by atoms with Gasteiger partial charge in [0.2, 0.25) is 0 Å². The van der Waals surface area contributed by atoms with E-state index in [9.17, 15) is 4.79 Å². The molecule has 0 radical (unpaired) electrons. The number of halogens is 2. The molecule has 2 bridgehead atoms. The Labute approximate surface area is 79.6 Å². The maximum atomic E-state index is 10.9. The molecule has 64 valence electrons. The minimum Gasteiger partial charge on any atom is -0.289 e. The zero-order chi connectivity index (χ0) is 9.14. The molecule has 0 aromatic rings. The number of carbonyl (C=O) groups is 1. The van der Waals surface area contributed by atoms with Crippen LogP contribution in [0.15, 0.2) is 34.4 Å². The fourth-order valence-electron chi connectivity index (χ4n) is 0.996. The quantitative estimate of drug-likeness (QED) is 0.354. The van der Waals surface area contributed by atoms with Gasteiger partial charge in [-0.2, -0.15) is 4.94 Å². The number of hydrogen-bond donors (Lipinski definition) is 2. The van der Waals surface area contributed by atoms with Crippen LogP contribution >= 0.6 is 23.4 Å². The monoisotopic (exact) mass is 204 g/mol. The van der Waals surface area contributed by atoms with Crippen LogP contribution in [0.4, 0.5) is 0 Å². The maximum absolute atomic E-state index is 10.9. The molecule has 5 heteroatoms. The first-order valence-corrected chi connectivity index (χ1v) is 3.86. The van der Waals surface area contributed by atoms with Crippen LogP contribution in [0.3, 0.4) is 0 Å². The molecule has 0 atom stereocenters. The lowest BCUT2D eigenvalue weighted by atomic mass is 10.2. The highest BCUT2D eigenvalue weighted by Crippen LogP contribution is 2.31. The fraction of sp³-hybridized carbons (Fsp3) is 0. The van der Waals surface area contributed by atoms with Crippen molar-refractivity contribution in [2.24, 2.45) is 5.84 Å². The number of carbonyl (C=O) groups excluding carboxylic acids is 1. The van der Waals surface area contributed by atoms with Gasteiger partial charge in [0.05, 0.1) is 5.03 Å². The van der Waals surface area contributed by atoms with Gasteiger partial charge in [0, 0.05) is 11.1 Å². The summed E-state index contributed by atoms with van der Waals surface area (Å²) in [5, 5.41) is 0.581. The number of hydrazine groups is 1. The first-order valence-electron chi connectivity index (χ1n) is 3.11. The van der Waals surface area contributed by atoms with Crippen molar-refractivity contribution in [1.82, 2.24) is 4.94 Å². The molecule has 0 unspecified atom stereocenters. The average Bonchev–Trinajstić information content (AvgIpc) is 2.47. The highest BCUT2D eigenvalue weighted by Gasteiger charge is 2.25. The molecule has 0 aromatic heterocycles. The number of hydrogen-bond acceptors (Lipinski definition) is 3. The second kappa shape index (κ2) is 3.87. The number of rotatable bonds is 0. The van der Waals surface area contributed by atoms with Crippen molar-refractivity contribution in [3.63, 3.8) is 0 Å². The SMILES string of the molecule is NNCl.O=C1C2=CC(Cl)=C1C=C2. The summed E-state index contributed by atoms with van der Waals surface area (Å²) >= 11 is 10.2. The molecule has 12 heavy (non-hydrogen) atoms. The fourth-order valence-corrected chi connectivity index (χ4v) is 1.26. The standard InChI is InChI=1S/C7H3ClO.ClH3N2/c8-6-3-4-1-2-5(6)7(4)9;1-3-2/h1-3H;3H,2H2. The Hall–Kier alpha value is -0.610. The van der Waals surface area contributed by atoms with E-state index in [4.69, 9.17) is 11.6 Å². The van der Waals surface area contributed by atoms with Gasteiger partial charge in [0.1, 0.15) is 0 Å². The summed E-state index contributed by atoms with van der Waals surface area (Å²) in [6.45, 7) is 0. The minimum atomic E-state index is 0.0694. The lowest BCUT2D eigenvalue weighted by Gasteiger charge is -1.84. The van der Waals surface area contributed by atoms with Crippen LogP contribution in [0.5, 0.6) is 0 Å². The molecular weight excluding hydrogens is 199 g/mol. The average molecular weight is 205 g/mol. The summed E-state index contributed by atoms with van der Waals surface area (Å²) in [4.78, 5) is 12.6. The van der Waals surface area contributed by atoms with Crippen LogP contribution < -0.4 is 10.8 Å². The van der Waals surface area contributed by atoms with Crippen molar-refractivity contribution in [1.29, 1.82) is 0 Å². The highest BCUT2D eigenvalue weighted by atomic mass is 35.5. The van der Waals surface area contributed by atoms with Gasteiger partial charge < -0.3 is 0 Å². The Bertz CT molecular complexity index is 305. The van der Waals surface area contributed by atoms with E-state index in [1.165, 1.54) is 0 Å². The normalized spacial score (nSPS) is 17.9. The van der Waals surface area contributed by atoms with Gasteiger partial charge in [-0.25, -0.2) is 0 Å². The van der Waals surface area contributed by atoms with Crippen molar-refractivity contribution < 1.29 is 4.79 Å². The van der Waals surface area contributed by atoms with E-state index in [-0.39, 0.29) is 5.78 Å². The summed E-state index contributed by atoms with van der Waals surface area (Å²) in [6, 6.07) is 0. The van der Waals surface area contributed by atoms with Gasteiger partial charge >= 0.3 is 0 Å². The summed E-state index contributed by atoms with van der Waals surface area (Å²) in [7, 11) is 0. The molecule has 3 N–H and O–H groups in total. The molecule has 0 amide bonds. The molecule has 3 nitrogen and oxygen atoms in total. The Kier molecular flexibility index (Phi) is 3.05. The largest absolute Gasteiger partial charge is 0.289 e. The molecule has 0 aliphatic heterocycles. The van der Waals surface area contributed by atoms with E-state index in [2.05, 4.69) is 17.6 Å². The van der Waals surface area contributed by atoms with Crippen molar-refractivity contribution in [2.75, 3.05) is 0 Å². The first kappa shape index (κ1) is 9.48. The predicted octanol–water partition coefficient (Wildman–Crippen LogP) is 1.16. The van der Waals surface area contributed by atoms with Crippen molar-refractivity contribution in [2.45, 2.75) is 0 Å². The predicted molar refractivity (Wildman–Crippen MR) is 48.3 cm³/mol. The Morgan fingerprint density at radius 3 is 2.17 bits per heavy atom. The highest BCUT2D eigenvalue weighted by molar-refractivity contribution is 6.38. The molecule has 0 saturated heterocycles. The number of nitrogens with one attached hydrogen (secondary N) is 1. The Balaban J connectivity index is 0.000000213. The lowest BCUT2D eigenvalue weighted by molar-refractivity contribution is -0.111. The van der Waals surface area contributed by atoms with Crippen molar-refractivity contribution in [3.8, 4) is 0 Å². The van der Waals surface area contributed by atoms with Crippen LogP contribution in [0.25, 0.3) is 0 Å². The van der Waals surface area contributed by atoms with Crippen LogP contribution in [0.1, 0.15) is 0 Å². The lowest BCUT2D eigenvalue weighted by Crippen LogP contribution is -2.05. The molecular formula is C7H6Cl2N2O. The summed E-state index contributed by atoms with van der Waals surface area (Å²) in [6.07, 6.45) is 5.22. The molecule has 0 heterocycles. The molecule has 0 spiro atoms. The van der Waals surface area contributed by atoms with E-state index in [1.54, 1.807) is 23.2 Å². The molecule has 0 aromatic carbocycles. The number of ketones is 1. The molecule has 2 aliphatic carbocycles. The zero-order valence-electron chi connectivity index (χ0n) is 5.97. The van der Waals surface area contributed by atoms with E-state index < -0.39 is 0 Å². The third kappa shape index (κ3) is 1.59. The van der Waals surface area contributed by atoms with Gasteiger partial charge in [0.15, 0.2) is 5.78 Å². The zero-order valence-corrected chi connectivity index (χ0v) is 7.49. The van der Waals surface area contributed by atoms with Crippen LogP contribution in [0, 0.1) is 0 Å². The topological polar surface area (TPSA) is 55.1 Å². The van der Waals surface area contributed by atoms with Gasteiger partial charge in [0.25, 0.3) is 0 Å². The van der Waals surface area contributed by atoms with E-state index >= 15 is 0 Å². The first-order chi connectivity index (χ1) is 5.70. The number of allylic oxidation sites excluding steroid dienone is 6. The molecule has 0 saturated carbocycles. The maximum Gasteiger partial charge on any atom is 0.194 e. The third-order valence-electron chi connectivity index (χ3n) is 1.48. The second-order valence-electron chi connectivity index (χ2n) is 2.13. The summed E-state index contributed by atoms with van der Waals surface area (Å²) in [5.74, 6) is 4.43. The van der Waals surface area contributed by atoms with Gasteiger partial charge in [-0.15, -0.1) is 0 Å². The smallest absolute Gasteiger partial charge is 0.194 e.